The molecule has 3 N–H and O–H groups in total. The summed E-state index contributed by atoms with van der Waals surface area (Å²) in [6.45, 7) is 1.17. The smallest absolute Gasteiger partial charge is 0.246 e. The third kappa shape index (κ3) is 8.54. The van der Waals surface area contributed by atoms with Gasteiger partial charge < -0.3 is 25.8 Å². The maximum absolute atomic E-state index is 12.2. The molecule has 11 nitrogen and oxygen atoms in total. The SMILES string of the molecule is CN(C)C/C=C/C(=O)N(C)CC(=O)NCCCC#Cc1cnc(Nc2ccc3cnn(C)c3c2)nc1NC1CC1. The highest BCUT2D eigenvalue weighted by Crippen LogP contribution is 2.27. The second kappa shape index (κ2) is 13.6. The minimum Gasteiger partial charge on any atom is -0.366 e. The lowest BCUT2D eigenvalue weighted by Crippen LogP contribution is -2.38. The number of carbonyl (C=O) groups excluding carboxylic acids is 2. The van der Waals surface area contributed by atoms with Crippen molar-refractivity contribution in [3.05, 3.63) is 48.3 Å². The van der Waals surface area contributed by atoms with Crippen LogP contribution in [0.15, 0.2) is 42.7 Å². The molecule has 0 radical (unpaired) electrons. The van der Waals surface area contributed by atoms with Crippen molar-refractivity contribution in [2.75, 3.05) is 51.4 Å². The van der Waals surface area contributed by atoms with Crippen LogP contribution in [0.25, 0.3) is 10.9 Å². The molecule has 0 unspecified atom stereocenters. The first-order valence-corrected chi connectivity index (χ1v) is 13.4. The Morgan fingerprint density at radius 1 is 1.20 bits per heavy atom. The van der Waals surface area contributed by atoms with E-state index in [1.54, 1.807) is 19.3 Å². The summed E-state index contributed by atoms with van der Waals surface area (Å²) in [6.07, 6.45) is 10.4. The van der Waals surface area contributed by atoms with Crippen molar-refractivity contribution >= 4 is 40.2 Å². The molecule has 0 saturated heterocycles. The first-order valence-electron chi connectivity index (χ1n) is 13.4. The molecule has 2 heterocycles. The van der Waals surface area contributed by atoms with Crippen LogP contribution in [0.2, 0.25) is 0 Å². The molecule has 0 aliphatic heterocycles. The van der Waals surface area contributed by atoms with Gasteiger partial charge in [-0.25, -0.2) is 4.98 Å². The molecule has 1 fully saturated rings. The van der Waals surface area contributed by atoms with E-state index in [-0.39, 0.29) is 18.4 Å². The quantitative estimate of drug-likeness (QED) is 0.181. The van der Waals surface area contributed by atoms with E-state index < -0.39 is 0 Å². The molecule has 1 aliphatic rings. The fourth-order valence-electron chi connectivity index (χ4n) is 3.82. The van der Waals surface area contributed by atoms with Gasteiger partial charge in [0.25, 0.3) is 0 Å². The summed E-state index contributed by atoms with van der Waals surface area (Å²) in [5, 5.41) is 14.9. The number of aromatic nitrogens is 4. The number of hydrogen-bond donors (Lipinski definition) is 3. The molecular formula is C29H37N9O2. The molecule has 40 heavy (non-hydrogen) atoms. The van der Waals surface area contributed by atoms with Gasteiger partial charge in [-0.05, 0) is 51.6 Å². The molecule has 1 aromatic carbocycles. The van der Waals surface area contributed by atoms with Gasteiger partial charge in [-0.2, -0.15) is 10.1 Å². The Bertz CT molecular complexity index is 1430. The van der Waals surface area contributed by atoms with E-state index in [2.05, 4.69) is 37.9 Å². The van der Waals surface area contributed by atoms with Crippen LogP contribution in [0, 0.1) is 11.8 Å². The highest BCUT2D eigenvalue weighted by Gasteiger charge is 2.23. The van der Waals surface area contributed by atoms with Crippen LogP contribution in [0.4, 0.5) is 17.5 Å². The van der Waals surface area contributed by atoms with Crippen LogP contribution in [0.3, 0.4) is 0 Å². The maximum Gasteiger partial charge on any atom is 0.246 e. The first kappa shape index (κ1) is 28.6. The Balaban J connectivity index is 1.26. The molecule has 2 amide bonds. The monoisotopic (exact) mass is 543 g/mol. The molecule has 2 aromatic heterocycles. The van der Waals surface area contributed by atoms with Crippen molar-refractivity contribution < 1.29 is 9.59 Å². The summed E-state index contributed by atoms with van der Waals surface area (Å²) in [7, 11) is 7.38. The number of nitrogens with zero attached hydrogens (tertiary/aromatic N) is 6. The minimum absolute atomic E-state index is 0.0146. The molecule has 3 aromatic rings. The molecule has 0 atom stereocenters. The van der Waals surface area contributed by atoms with E-state index in [1.165, 1.54) is 11.0 Å². The lowest BCUT2D eigenvalue weighted by atomic mass is 10.2. The molecule has 1 aliphatic carbocycles. The zero-order chi connectivity index (χ0) is 28.5. The Labute approximate surface area is 235 Å². The Kier molecular flexibility index (Phi) is 9.70. The molecule has 0 spiro atoms. The van der Waals surface area contributed by atoms with Crippen LogP contribution in [0.5, 0.6) is 0 Å². The Morgan fingerprint density at radius 3 is 2.80 bits per heavy atom. The molecule has 1 saturated carbocycles. The molecule has 4 rings (SSSR count). The average molecular weight is 544 g/mol. The number of amides is 2. The molecule has 210 valence electrons. The minimum atomic E-state index is -0.198. The predicted octanol–water partition coefficient (Wildman–Crippen LogP) is 2.51. The number of benzene rings is 1. The fourth-order valence-corrected chi connectivity index (χ4v) is 3.82. The number of aryl methyl sites for hydroxylation is 1. The number of anilines is 3. The largest absolute Gasteiger partial charge is 0.366 e. The van der Waals surface area contributed by atoms with Crippen LogP contribution < -0.4 is 16.0 Å². The highest BCUT2D eigenvalue weighted by atomic mass is 16.2. The zero-order valence-electron chi connectivity index (χ0n) is 23.6. The van der Waals surface area contributed by atoms with Crippen molar-refractivity contribution in [1.29, 1.82) is 0 Å². The van der Waals surface area contributed by atoms with Gasteiger partial charge >= 0.3 is 0 Å². The van der Waals surface area contributed by atoms with Crippen molar-refractivity contribution in [3.8, 4) is 11.8 Å². The van der Waals surface area contributed by atoms with E-state index in [1.807, 2.05) is 55.1 Å². The van der Waals surface area contributed by atoms with Crippen molar-refractivity contribution in [2.24, 2.45) is 7.05 Å². The number of likely N-dealkylation sites (N-methyl/N-ethyl adjacent to an activating group) is 2. The van der Waals surface area contributed by atoms with E-state index in [9.17, 15) is 9.59 Å². The highest BCUT2D eigenvalue weighted by molar-refractivity contribution is 5.91. The van der Waals surface area contributed by atoms with Crippen molar-refractivity contribution in [2.45, 2.75) is 31.7 Å². The van der Waals surface area contributed by atoms with Crippen LogP contribution in [-0.4, -0.2) is 88.2 Å². The summed E-state index contributed by atoms with van der Waals surface area (Å²) >= 11 is 0. The number of nitrogens with one attached hydrogen (secondary N) is 3. The van der Waals surface area contributed by atoms with Gasteiger partial charge in [0, 0.05) is 56.8 Å². The number of hydrogen-bond acceptors (Lipinski definition) is 8. The van der Waals surface area contributed by atoms with E-state index >= 15 is 0 Å². The lowest BCUT2D eigenvalue weighted by Gasteiger charge is -2.14. The topological polar surface area (TPSA) is 120 Å². The fraction of sp³-hybridized carbons (Fsp3) is 0.414. The first-order chi connectivity index (χ1) is 19.3. The summed E-state index contributed by atoms with van der Waals surface area (Å²) in [4.78, 5) is 36.8. The maximum atomic E-state index is 12.2. The number of unbranched alkanes of at least 4 members (excludes halogenated alkanes) is 1. The van der Waals surface area contributed by atoms with E-state index in [4.69, 9.17) is 4.98 Å². The van der Waals surface area contributed by atoms with Crippen LogP contribution in [0.1, 0.15) is 31.2 Å². The van der Waals surface area contributed by atoms with Gasteiger partial charge in [0.2, 0.25) is 17.8 Å². The Hall–Kier alpha value is -4.43. The zero-order valence-corrected chi connectivity index (χ0v) is 23.6. The second-order valence-electron chi connectivity index (χ2n) is 10.2. The summed E-state index contributed by atoms with van der Waals surface area (Å²) in [6, 6.07) is 6.43. The van der Waals surface area contributed by atoms with Gasteiger partial charge in [0.05, 0.1) is 30.0 Å². The van der Waals surface area contributed by atoms with Gasteiger partial charge in [0.1, 0.15) is 5.82 Å². The van der Waals surface area contributed by atoms with E-state index in [0.29, 0.717) is 37.9 Å². The van der Waals surface area contributed by atoms with Gasteiger partial charge in [-0.3, -0.25) is 14.3 Å². The molecule has 0 bridgehead atoms. The van der Waals surface area contributed by atoms with Crippen molar-refractivity contribution in [3.63, 3.8) is 0 Å². The summed E-state index contributed by atoms with van der Waals surface area (Å²) in [5.41, 5.74) is 2.64. The van der Waals surface area contributed by atoms with Gasteiger partial charge in [-0.15, -0.1) is 0 Å². The van der Waals surface area contributed by atoms with Crippen LogP contribution in [-0.2, 0) is 16.6 Å². The van der Waals surface area contributed by atoms with E-state index in [0.717, 1.165) is 40.8 Å². The van der Waals surface area contributed by atoms with Crippen molar-refractivity contribution in [1.82, 2.24) is 34.9 Å². The molecular weight excluding hydrogens is 506 g/mol. The van der Waals surface area contributed by atoms with Crippen LogP contribution >= 0.6 is 0 Å². The predicted molar refractivity (Wildman–Crippen MR) is 157 cm³/mol. The Morgan fingerprint density at radius 2 is 2.02 bits per heavy atom. The third-order valence-electron chi connectivity index (χ3n) is 6.22. The molecule has 11 heteroatoms. The number of rotatable bonds is 12. The lowest BCUT2D eigenvalue weighted by molar-refractivity contribution is -0.131. The third-order valence-corrected chi connectivity index (χ3v) is 6.22. The average Bonchev–Trinajstić information content (AvgIpc) is 3.67. The van der Waals surface area contributed by atoms with Gasteiger partial charge in [0.15, 0.2) is 0 Å². The number of carbonyl (C=O) groups is 2. The number of fused-ring (bicyclic) bond motifs is 1. The summed E-state index contributed by atoms with van der Waals surface area (Å²) < 4.78 is 1.83. The second-order valence-corrected chi connectivity index (χ2v) is 10.2. The standard InChI is InChI=1S/C29H37N9O2/c1-36(2)16-8-10-27(40)37(3)20-26(39)30-15-7-5-6-9-22-18-31-29(35-28(22)33-23-13-14-23)34-24-12-11-21-19-32-38(4)25(21)17-24/h8,10-12,17-19,23H,5,7,13-16,20H2,1-4H3,(H,30,39)(H2,31,33,34,35)/b10-8+. The normalized spacial score (nSPS) is 12.8. The summed E-state index contributed by atoms with van der Waals surface area (Å²) in [5.74, 6) is 7.16. The van der Waals surface area contributed by atoms with Gasteiger partial charge in [-0.1, -0.05) is 17.9 Å².